The van der Waals surface area contributed by atoms with Gasteiger partial charge in [-0.1, -0.05) is 13.8 Å². The predicted octanol–water partition coefficient (Wildman–Crippen LogP) is 1.66. The van der Waals surface area contributed by atoms with Crippen molar-refractivity contribution in [1.82, 2.24) is 5.32 Å². The maximum absolute atomic E-state index is 12.2. The van der Waals surface area contributed by atoms with Gasteiger partial charge in [-0.05, 0) is 32.1 Å². The number of carbonyl (C=O) groups excluding carboxylic acids is 1. The Morgan fingerprint density at radius 1 is 1.42 bits per heavy atom. The summed E-state index contributed by atoms with van der Waals surface area (Å²) in [7, 11) is 1.60. The van der Waals surface area contributed by atoms with Crippen LogP contribution in [-0.2, 0) is 14.3 Å². The molecule has 0 aromatic heterocycles. The van der Waals surface area contributed by atoms with Gasteiger partial charge in [-0.15, -0.1) is 0 Å². The number of aliphatic carboxylic acids is 1. The Hall–Kier alpha value is -1.10. The van der Waals surface area contributed by atoms with Gasteiger partial charge in [0.25, 0.3) is 0 Å². The molecule has 0 aliphatic heterocycles. The second kappa shape index (κ2) is 5.49. The molecular formula is C14H25NO4. The monoisotopic (exact) mass is 271 g/mol. The predicted molar refractivity (Wildman–Crippen MR) is 71.7 cm³/mol. The van der Waals surface area contributed by atoms with Gasteiger partial charge in [0.1, 0.15) is 0 Å². The van der Waals surface area contributed by atoms with E-state index >= 15 is 0 Å². The summed E-state index contributed by atoms with van der Waals surface area (Å²) in [5, 5.41) is 12.3. The van der Waals surface area contributed by atoms with E-state index in [0.717, 1.165) is 0 Å². The largest absolute Gasteiger partial charge is 0.481 e. The minimum atomic E-state index is -0.845. The highest BCUT2D eigenvalue weighted by Gasteiger charge is 2.58. The fraction of sp³-hybridized carbons (Fsp3) is 0.857. The number of nitrogens with one attached hydrogen (secondary N) is 1. The van der Waals surface area contributed by atoms with Crippen LogP contribution >= 0.6 is 0 Å². The Bertz CT molecular complexity index is 366. The van der Waals surface area contributed by atoms with Crippen LogP contribution in [0.1, 0.15) is 40.5 Å². The summed E-state index contributed by atoms with van der Waals surface area (Å²) >= 11 is 0. The summed E-state index contributed by atoms with van der Waals surface area (Å²) in [6, 6.07) is 0. The molecular weight excluding hydrogens is 246 g/mol. The number of hydrogen-bond donors (Lipinski definition) is 2. The number of hydrogen-bond acceptors (Lipinski definition) is 3. The van der Waals surface area contributed by atoms with Gasteiger partial charge in [-0.2, -0.15) is 0 Å². The lowest BCUT2D eigenvalue weighted by Gasteiger charge is -2.37. The van der Waals surface area contributed by atoms with Crippen LogP contribution in [0.5, 0.6) is 0 Å². The Morgan fingerprint density at radius 3 is 2.42 bits per heavy atom. The molecule has 0 bridgehead atoms. The fourth-order valence-corrected chi connectivity index (χ4v) is 2.79. The minimum Gasteiger partial charge on any atom is -0.481 e. The molecule has 3 atom stereocenters. The molecule has 1 aliphatic carbocycles. The van der Waals surface area contributed by atoms with Gasteiger partial charge in [-0.3, -0.25) is 9.59 Å². The van der Waals surface area contributed by atoms with Crippen molar-refractivity contribution in [3.8, 4) is 0 Å². The van der Waals surface area contributed by atoms with Gasteiger partial charge in [0.05, 0.1) is 11.5 Å². The summed E-state index contributed by atoms with van der Waals surface area (Å²) < 4.78 is 5.09. The van der Waals surface area contributed by atoms with E-state index in [1.807, 2.05) is 20.8 Å². The molecule has 2 N–H and O–H groups in total. The van der Waals surface area contributed by atoms with Crippen LogP contribution in [0.3, 0.4) is 0 Å². The summed E-state index contributed by atoms with van der Waals surface area (Å²) in [6.45, 7) is 7.81. The number of carboxylic acid groups (broad SMARTS) is 1. The van der Waals surface area contributed by atoms with Crippen LogP contribution in [0.15, 0.2) is 0 Å². The van der Waals surface area contributed by atoms with Gasteiger partial charge >= 0.3 is 5.97 Å². The van der Waals surface area contributed by atoms with Crippen molar-refractivity contribution in [3.05, 3.63) is 0 Å². The molecule has 0 heterocycles. The molecule has 0 radical (unpaired) electrons. The maximum atomic E-state index is 12.2. The zero-order valence-electron chi connectivity index (χ0n) is 12.4. The highest BCUT2D eigenvalue weighted by atomic mass is 16.5. The van der Waals surface area contributed by atoms with Gasteiger partial charge in [0.15, 0.2) is 0 Å². The number of ether oxygens (including phenoxy) is 1. The third-order valence-electron chi connectivity index (χ3n) is 4.98. The van der Waals surface area contributed by atoms with Crippen LogP contribution < -0.4 is 5.32 Å². The van der Waals surface area contributed by atoms with E-state index < -0.39 is 16.8 Å². The van der Waals surface area contributed by atoms with Crippen molar-refractivity contribution in [1.29, 1.82) is 0 Å². The molecule has 1 aliphatic rings. The van der Waals surface area contributed by atoms with Crippen molar-refractivity contribution in [2.24, 2.45) is 16.7 Å². The van der Waals surface area contributed by atoms with Crippen molar-refractivity contribution in [3.63, 3.8) is 0 Å². The van der Waals surface area contributed by atoms with Gasteiger partial charge in [0, 0.05) is 19.6 Å². The molecule has 110 valence electrons. The van der Waals surface area contributed by atoms with E-state index in [9.17, 15) is 14.7 Å². The second-order valence-corrected chi connectivity index (χ2v) is 6.24. The third kappa shape index (κ3) is 2.76. The van der Waals surface area contributed by atoms with Crippen LogP contribution in [0.4, 0.5) is 0 Å². The van der Waals surface area contributed by atoms with Crippen LogP contribution in [0.2, 0.25) is 0 Å². The van der Waals surface area contributed by atoms with Crippen LogP contribution in [0.25, 0.3) is 0 Å². The maximum Gasteiger partial charge on any atom is 0.309 e. The lowest BCUT2D eigenvalue weighted by atomic mass is 9.65. The highest BCUT2D eigenvalue weighted by Crippen LogP contribution is 2.56. The van der Waals surface area contributed by atoms with Gasteiger partial charge < -0.3 is 15.2 Å². The molecule has 1 rings (SSSR count). The van der Waals surface area contributed by atoms with Gasteiger partial charge in [0.2, 0.25) is 5.91 Å². The zero-order chi connectivity index (χ0) is 14.8. The number of carbonyl (C=O) groups is 2. The SMILES string of the molecule is CO[C@H](C)CNC(=O)[C@H]1CC[C@@](C)(C(=O)O)C1(C)C. The molecule has 0 spiro atoms. The average molecular weight is 271 g/mol. The molecule has 0 aromatic carbocycles. The van der Waals surface area contributed by atoms with E-state index in [2.05, 4.69) is 5.32 Å². The van der Waals surface area contributed by atoms with E-state index in [1.165, 1.54) is 0 Å². The summed E-state index contributed by atoms with van der Waals surface area (Å²) in [4.78, 5) is 23.7. The summed E-state index contributed by atoms with van der Waals surface area (Å²) in [5.74, 6) is -1.16. The molecule has 1 saturated carbocycles. The van der Waals surface area contributed by atoms with E-state index in [4.69, 9.17) is 4.74 Å². The Balaban J connectivity index is 2.76. The molecule has 1 amide bonds. The lowest BCUT2D eigenvalue weighted by Crippen LogP contribution is -2.46. The lowest BCUT2D eigenvalue weighted by molar-refractivity contribution is -0.155. The number of carboxylic acids is 1. The first-order valence-corrected chi connectivity index (χ1v) is 6.70. The third-order valence-corrected chi connectivity index (χ3v) is 4.98. The van der Waals surface area contributed by atoms with Crippen molar-refractivity contribution in [2.45, 2.75) is 46.6 Å². The zero-order valence-corrected chi connectivity index (χ0v) is 12.4. The standard InChI is InChI=1S/C14H25NO4/c1-9(19-5)8-15-11(16)10-6-7-14(4,12(17)18)13(10,2)3/h9-10H,6-8H2,1-5H3,(H,15,16)(H,17,18)/t9-,10-,14+/m1/s1. The molecule has 1 fully saturated rings. The van der Waals surface area contributed by atoms with Crippen molar-refractivity contribution >= 4 is 11.9 Å². The molecule has 5 heteroatoms. The summed E-state index contributed by atoms with van der Waals surface area (Å²) in [6.07, 6.45) is 1.11. The summed E-state index contributed by atoms with van der Waals surface area (Å²) in [5.41, 5.74) is -1.40. The van der Waals surface area contributed by atoms with Crippen molar-refractivity contribution in [2.75, 3.05) is 13.7 Å². The quantitative estimate of drug-likeness (QED) is 0.797. The Labute approximate surface area is 114 Å². The number of rotatable bonds is 5. The highest BCUT2D eigenvalue weighted by molar-refractivity contribution is 5.83. The smallest absolute Gasteiger partial charge is 0.309 e. The Kier molecular flexibility index (Phi) is 4.61. The number of methoxy groups -OCH3 is 1. The average Bonchev–Trinajstić information content (AvgIpc) is 2.58. The fourth-order valence-electron chi connectivity index (χ4n) is 2.79. The van der Waals surface area contributed by atoms with Crippen LogP contribution in [-0.4, -0.2) is 36.7 Å². The van der Waals surface area contributed by atoms with E-state index in [1.54, 1.807) is 14.0 Å². The molecule has 19 heavy (non-hydrogen) atoms. The van der Waals surface area contributed by atoms with Crippen LogP contribution in [0, 0.1) is 16.7 Å². The second-order valence-electron chi connectivity index (χ2n) is 6.24. The first-order chi connectivity index (χ1) is 8.66. The first kappa shape index (κ1) is 16.0. The van der Waals surface area contributed by atoms with E-state index in [-0.39, 0.29) is 17.9 Å². The van der Waals surface area contributed by atoms with Crippen molar-refractivity contribution < 1.29 is 19.4 Å². The van der Waals surface area contributed by atoms with E-state index in [0.29, 0.717) is 19.4 Å². The van der Waals surface area contributed by atoms with Gasteiger partial charge in [-0.25, -0.2) is 0 Å². The number of amides is 1. The molecule has 0 saturated heterocycles. The minimum absolute atomic E-state index is 0.0423. The topological polar surface area (TPSA) is 75.6 Å². The Morgan fingerprint density at radius 2 is 2.00 bits per heavy atom. The normalized spacial score (nSPS) is 30.9. The molecule has 5 nitrogen and oxygen atoms in total. The molecule has 0 aromatic rings. The molecule has 0 unspecified atom stereocenters. The first-order valence-electron chi connectivity index (χ1n) is 6.70.